The molecule has 0 amide bonds. The molecule has 0 spiro atoms. The zero-order valence-electron chi connectivity index (χ0n) is 22.6. The van der Waals surface area contributed by atoms with Gasteiger partial charge in [-0.2, -0.15) is 41.3 Å². The van der Waals surface area contributed by atoms with Crippen LogP contribution in [0.5, 0.6) is 0 Å². The SMILES string of the molecule is Cc1[c-]c(C)cc(C)c1.[CH2-]CCCCCCCCCCCCCCC.[O]=[Co].[O]=[Co].[c-]1cc[c-]cc1. The zero-order chi connectivity index (χ0) is 27.0. The maximum atomic E-state index is 7.94. The molecule has 0 radical (unpaired) electrons. The van der Waals surface area contributed by atoms with Crippen LogP contribution in [0.2, 0.25) is 0 Å². The van der Waals surface area contributed by atoms with Gasteiger partial charge in [0.05, 0.1) is 0 Å². The van der Waals surface area contributed by atoms with Gasteiger partial charge in [-0.25, -0.2) is 0 Å². The predicted octanol–water partition coefficient (Wildman–Crippen LogP) is 9.76. The topological polar surface area (TPSA) is 34.1 Å². The third-order valence-corrected chi connectivity index (χ3v) is 5.19. The number of benzene rings is 2. The maximum absolute atomic E-state index is 7.94. The van der Waals surface area contributed by atoms with Crippen LogP contribution in [0.4, 0.5) is 0 Å². The molecule has 0 heterocycles. The largest absolute Gasteiger partial charge is 0.319 e. The van der Waals surface area contributed by atoms with Gasteiger partial charge in [-0.1, -0.05) is 111 Å². The van der Waals surface area contributed by atoms with Gasteiger partial charge in [-0.05, 0) is 0 Å². The van der Waals surface area contributed by atoms with E-state index in [1.54, 1.807) is 0 Å². The molecule has 0 saturated carbocycles. The van der Waals surface area contributed by atoms with Gasteiger partial charge in [0, 0.05) is 0 Å². The minimum absolute atomic E-state index is 1.12. The van der Waals surface area contributed by atoms with Crippen LogP contribution in [0.1, 0.15) is 114 Å². The second-order valence-corrected chi connectivity index (χ2v) is 8.62. The first-order valence-electron chi connectivity index (χ1n) is 13.0. The van der Waals surface area contributed by atoms with Gasteiger partial charge in [0.2, 0.25) is 0 Å². The number of unbranched alkanes of at least 4 members (excludes halogenated alkanes) is 13. The zero-order valence-corrected chi connectivity index (χ0v) is 24.6. The fourth-order valence-electron chi connectivity index (χ4n) is 3.61. The van der Waals surface area contributed by atoms with Crippen LogP contribution in [0.15, 0.2) is 36.4 Å². The molecule has 0 N–H and O–H groups in total. The van der Waals surface area contributed by atoms with Crippen molar-refractivity contribution in [3.05, 3.63) is 78.2 Å². The minimum atomic E-state index is 1.12. The average Bonchev–Trinajstić information content (AvgIpc) is 2.88. The van der Waals surface area contributed by atoms with Crippen LogP contribution in [-0.4, -0.2) is 0 Å². The first-order chi connectivity index (χ1) is 17.1. The molecule has 0 fully saturated rings. The Kier molecular flexibility index (Phi) is 38.8. The van der Waals surface area contributed by atoms with Crippen LogP contribution in [0.25, 0.3) is 0 Å². The molecule has 2 aromatic carbocycles. The molecule has 4 heteroatoms. The number of hydrogen-bond acceptors (Lipinski definition) is 2. The summed E-state index contributed by atoms with van der Waals surface area (Å²) in [4.78, 5) is 0. The van der Waals surface area contributed by atoms with Crippen LogP contribution in [0, 0.1) is 45.9 Å². The van der Waals surface area contributed by atoms with Gasteiger partial charge in [0.25, 0.3) is 0 Å². The summed E-state index contributed by atoms with van der Waals surface area (Å²) in [5.41, 5.74) is 3.78. The Hall–Kier alpha value is -0.947. The first kappa shape index (κ1) is 38.6. The minimum Gasteiger partial charge on any atom is -0.319 e. The summed E-state index contributed by atoms with van der Waals surface area (Å²) in [7, 11) is 0. The normalized spacial score (nSPS) is 9.11. The summed E-state index contributed by atoms with van der Waals surface area (Å²) in [5.74, 6) is 0. The second kappa shape index (κ2) is 35.2. The molecule has 2 rings (SSSR count). The van der Waals surface area contributed by atoms with Crippen molar-refractivity contribution in [3.8, 4) is 0 Å². The molecule has 0 aliphatic carbocycles. The molecular weight excluding hydrogens is 522 g/mol. The maximum Gasteiger partial charge on any atom is -0.288 e. The van der Waals surface area contributed by atoms with Crippen LogP contribution in [-0.2, 0) is 39.1 Å². The molecule has 0 aliphatic rings. The number of rotatable bonds is 13. The van der Waals surface area contributed by atoms with Crippen molar-refractivity contribution in [2.75, 3.05) is 0 Å². The van der Waals surface area contributed by atoms with E-state index in [2.05, 4.69) is 96.3 Å². The van der Waals surface area contributed by atoms with Crippen molar-refractivity contribution in [2.24, 2.45) is 0 Å². The Labute approximate surface area is 234 Å². The summed E-state index contributed by atoms with van der Waals surface area (Å²) < 4.78 is 15.9. The van der Waals surface area contributed by atoms with Crippen molar-refractivity contribution >= 4 is 0 Å². The van der Waals surface area contributed by atoms with Crippen LogP contribution >= 0.6 is 0 Å². The van der Waals surface area contributed by atoms with E-state index in [1.807, 2.05) is 24.3 Å². The van der Waals surface area contributed by atoms with Crippen LogP contribution < -0.4 is 0 Å². The predicted molar refractivity (Wildman–Crippen MR) is 141 cm³/mol. The van der Waals surface area contributed by atoms with E-state index in [0.717, 1.165) is 6.42 Å². The molecule has 0 aliphatic heterocycles. The Morgan fingerprint density at radius 2 is 0.914 bits per heavy atom. The molecule has 206 valence electrons. The smallest absolute Gasteiger partial charge is 0.288 e. The van der Waals surface area contributed by atoms with Crippen molar-refractivity contribution in [1.82, 2.24) is 0 Å². The van der Waals surface area contributed by atoms with Crippen LogP contribution in [0.3, 0.4) is 0 Å². The Bertz CT molecular complexity index is 542. The van der Waals surface area contributed by atoms with Crippen molar-refractivity contribution in [2.45, 2.75) is 118 Å². The molecule has 0 unspecified atom stereocenters. The number of hydrogen-bond donors (Lipinski definition) is 0. The van der Waals surface area contributed by atoms with Gasteiger partial charge >= 0.3 is 39.1 Å². The molecule has 0 saturated heterocycles. The number of aryl methyl sites for hydroxylation is 3. The molecule has 0 bridgehead atoms. The summed E-state index contributed by atoms with van der Waals surface area (Å²) in [6.07, 6.45) is 19.8. The summed E-state index contributed by atoms with van der Waals surface area (Å²) >= 11 is 4.62. The van der Waals surface area contributed by atoms with Gasteiger partial charge in [0.15, 0.2) is 0 Å². The standard InChI is InChI=1S/C16H33.C9H11.C6H4.2Co.2O/c1-3-5-7-9-11-13-15-16-14-12-10-8-6-4-2;1-7-4-8(2)6-9(3)5-7;1-2-4-6-5-3-1;;;;/h1,3-16H2,2H3;4-5H,1-3H3;1-2,5-6H;;;;/q2*-1;-2;;;;. The van der Waals surface area contributed by atoms with E-state index in [9.17, 15) is 0 Å². The monoisotopic (exact) mass is 570 g/mol. The summed E-state index contributed by atoms with van der Waals surface area (Å²) in [6.45, 7) is 12.4. The molecule has 2 nitrogen and oxygen atoms in total. The van der Waals surface area contributed by atoms with Gasteiger partial charge < -0.3 is 19.1 Å². The Balaban J connectivity index is -0.000000449. The van der Waals surface area contributed by atoms with E-state index in [4.69, 9.17) is 7.73 Å². The fourth-order valence-corrected chi connectivity index (χ4v) is 3.61. The average molecular weight is 571 g/mol. The van der Waals surface area contributed by atoms with Crippen molar-refractivity contribution in [1.29, 1.82) is 0 Å². The van der Waals surface area contributed by atoms with E-state index in [-0.39, 0.29) is 0 Å². The van der Waals surface area contributed by atoms with E-state index < -0.39 is 0 Å². The van der Waals surface area contributed by atoms with Gasteiger partial charge in [0.1, 0.15) is 0 Å². The molecule has 0 atom stereocenters. The summed E-state index contributed by atoms with van der Waals surface area (Å²) in [5, 5.41) is 0. The van der Waals surface area contributed by atoms with E-state index in [0.29, 0.717) is 0 Å². The quantitative estimate of drug-likeness (QED) is 0.177. The second-order valence-electron chi connectivity index (χ2n) is 8.62. The Morgan fingerprint density at radius 3 is 1.17 bits per heavy atom. The third-order valence-electron chi connectivity index (χ3n) is 5.19. The van der Waals surface area contributed by atoms with E-state index in [1.165, 1.54) is 100 Å². The molecule has 2 aromatic rings. The Morgan fingerprint density at radius 1 is 0.600 bits per heavy atom. The van der Waals surface area contributed by atoms with E-state index >= 15 is 0 Å². The molecule has 0 aromatic heterocycles. The van der Waals surface area contributed by atoms with Gasteiger partial charge in [-0.15, -0.1) is 0 Å². The summed E-state index contributed by atoms with van der Waals surface area (Å²) in [6, 6.07) is 20.5. The van der Waals surface area contributed by atoms with Gasteiger partial charge in [-0.3, -0.25) is 24.3 Å². The van der Waals surface area contributed by atoms with Crippen molar-refractivity contribution in [3.63, 3.8) is 0 Å². The third kappa shape index (κ3) is 35.3. The molecule has 35 heavy (non-hydrogen) atoms. The fraction of sp³-hybridized carbons (Fsp3) is 0.581. The van der Waals surface area contributed by atoms with Crippen molar-refractivity contribution < 1.29 is 39.1 Å². The first-order valence-corrected chi connectivity index (χ1v) is 13.8. The molecular formula is C31H48Co2O2-4.